The summed E-state index contributed by atoms with van der Waals surface area (Å²) in [6.07, 6.45) is -0.600. The molecule has 230 valence electrons. The summed E-state index contributed by atoms with van der Waals surface area (Å²) in [4.78, 5) is 40.4. The molecule has 46 heavy (non-hydrogen) atoms. The molecule has 1 N–H and O–H groups in total. The van der Waals surface area contributed by atoms with Crippen LogP contribution >= 0.6 is 0 Å². The van der Waals surface area contributed by atoms with Crippen LogP contribution in [0.15, 0.2) is 115 Å². The molecule has 1 aliphatic heterocycles. The molecule has 7 nitrogen and oxygen atoms in total. The van der Waals surface area contributed by atoms with E-state index in [9.17, 15) is 28.3 Å². The fourth-order valence-corrected chi connectivity index (χ4v) is 5.30. The molecule has 2 amide bonds. The summed E-state index contributed by atoms with van der Waals surface area (Å²) in [6, 6.07) is 31.1. The van der Waals surface area contributed by atoms with E-state index in [1.165, 1.54) is 30.3 Å². The topological polar surface area (TPSA) is 93.1 Å². The fraction of sp³-hybridized carbons (Fsp3) is 0.108. The summed E-state index contributed by atoms with van der Waals surface area (Å²) >= 11 is 0. The highest BCUT2D eigenvalue weighted by atomic mass is 19.2. The number of carbonyl (C=O) groups excluding carboxylic acids is 2. The number of benzene rings is 5. The number of nitrogens with zero attached hydrogens (tertiary/aromatic N) is 1. The van der Waals surface area contributed by atoms with Crippen LogP contribution in [-0.2, 0) is 22.7 Å². The molecule has 0 aliphatic carbocycles. The van der Waals surface area contributed by atoms with Crippen molar-refractivity contribution in [1.82, 2.24) is 0 Å². The lowest BCUT2D eigenvalue weighted by Crippen LogP contribution is -2.31. The normalized spacial score (nSPS) is 13.1. The van der Waals surface area contributed by atoms with Crippen LogP contribution in [0.2, 0.25) is 0 Å². The number of aromatic carboxylic acids is 1. The summed E-state index contributed by atoms with van der Waals surface area (Å²) < 4.78 is 39.8. The van der Waals surface area contributed by atoms with Crippen LogP contribution in [0.4, 0.5) is 14.5 Å². The van der Waals surface area contributed by atoms with Gasteiger partial charge in [0.2, 0.25) is 0 Å². The average molecular weight is 620 g/mol. The van der Waals surface area contributed by atoms with E-state index in [-0.39, 0.29) is 41.2 Å². The van der Waals surface area contributed by atoms with Crippen LogP contribution in [0, 0.1) is 11.6 Å². The molecule has 6 rings (SSSR count). The molecule has 0 saturated carbocycles. The van der Waals surface area contributed by atoms with Crippen molar-refractivity contribution in [3.8, 4) is 11.1 Å². The number of fused-ring (bicyclic) bond motifs is 1. The number of ether oxygens (including phenoxy) is 2. The highest BCUT2D eigenvalue weighted by Crippen LogP contribution is 2.36. The van der Waals surface area contributed by atoms with Crippen molar-refractivity contribution in [2.24, 2.45) is 0 Å². The Bertz CT molecular complexity index is 1930. The van der Waals surface area contributed by atoms with Crippen molar-refractivity contribution in [2.45, 2.75) is 19.3 Å². The Labute approximate surface area is 263 Å². The van der Waals surface area contributed by atoms with Gasteiger partial charge in [-0.05, 0) is 64.2 Å². The molecule has 0 saturated heterocycles. The maximum absolute atomic E-state index is 14.0. The Hall–Kier alpha value is -5.51. The molecule has 1 heterocycles. The maximum atomic E-state index is 14.0. The lowest BCUT2D eigenvalue weighted by Gasteiger charge is -2.19. The SMILES string of the molecule is O=C(O)c1ccc(-c2ccc(F)c(F)c2)cc1N1C(=O)c2ccc(C(COCc3ccccc3)OCc3ccccc3)cc2C1=O. The van der Waals surface area contributed by atoms with E-state index in [1.807, 2.05) is 60.7 Å². The van der Waals surface area contributed by atoms with Gasteiger partial charge in [-0.25, -0.2) is 18.5 Å². The highest BCUT2D eigenvalue weighted by Gasteiger charge is 2.39. The second kappa shape index (κ2) is 13.2. The van der Waals surface area contributed by atoms with Crippen molar-refractivity contribution in [2.75, 3.05) is 11.5 Å². The summed E-state index contributed by atoms with van der Waals surface area (Å²) in [5, 5.41) is 9.90. The minimum atomic E-state index is -1.37. The Morgan fingerprint density at radius 3 is 2.00 bits per heavy atom. The van der Waals surface area contributed by atoms with Crippen molar-refractivity contribution in [1.29, 1.82) is 0 Å². The highest BCUT2D eigenvalue weighted by molar-refractivity contribution is 6.35. The molecule has 0 fully saturated rings. The first-order valence-corrected chi connectivity index (χ1v) is 14.4. The quantitative estimate of drug-likeness (QED) is 0.153. The first-order valence-electron chi connectivity index (χ1n) is 14.4. The lowest BCUT2D eigenvalue weighted by atomic mass is 10.0. The third-order valence-corrected chi connectivity index (χ3v) is 7.68. The molecule has 5 aromatic carbocycles. The molecule has 1 unspecified atom stereocenters. The summed E-state index contributed by atoms with van der Waals surface area (Å²) in [7, 11) is 0. The predicted octanol–water partition coefficient (Wildman–Crippen LogP) is 7.61. The molecule has 0 aromatic heterocycles. The molecule has 5 aromatic rings. The van der Waals surface area contributed by atoms with E-state index in [1.54, 1.807) is 12.1 Å². The van der Waals surface area contributed by atoms with Gasteiger partial charge in [0, 0.05) is 0 Å². The Morgan fingerprint density at radius 1 is 0.696 bits per heavy atom. The van der Waals surface area contributed by atoms with Crippen molar-refractivity contribution >= 4 is 23.5 Å². The Morgan fingerprint density at radius 2 is 1.33 bits per heavy atom. The molecule has 9 heteroatoms. The Kier molecular flexibility index (Phi) is 8.78. The first-order chi connectivity index (χ1) is 22.3. The van der Waals surface area contributed by atoms with Gasteiger partial charge in [-0.15, -0.1) is 0 Å². The van der Waals surface area contributed by atoms with Crippen molar-refractivity contribution in [3.63, 3.8) is 0 Å². The van der Waals surface area contributed by atoms with Gasteiger partial charge in [0.05, 0.1) is 42.2 Å². The number of imide groups is 1. The van der Waals surface area contributed by atoms with E-state index in [4.69, 9.17) is 9.47 Å². The standard InChI is InChI=1S/C37H27F2NO6/c38-31-16-13-25(18-32(31)39)26-11-15-29(37(43)44)33(19-26)40-35(41)28-14-12-27(17-30(28)36(40)42)34(46-21-24-9-5-2-6-10-24)22-45-20-23-7-3-1-4-8-23/h1-19,34H,20-22H2,(H,43,44). The van der Waals surface area contributed by atoms with Crippen LogP contribution in [0.1, 0.15) is 53.9 Å². The molecule has 1 aliphatic rings. The van der Waals surface area contributed by atoms with Gasteiger partial charge in [0.25, 0.3) is 11.8 Å². The number of anilines is 1. The van der Waals surface area contributed by atoms with E-state index < -0.39 is 35.5 Å². The first kappa shape index (κ1) is 30.5. The molecule has 0 spiro atoms. The maximum Gasteiger partial charge on any atom is 0.337 e. The molecule has 0 radical (unpaired) electrons. The second-order valence-electron chi connectivity index (χ2n) is 10.7. The van der Waals surface area contributed by atoms with Gasteiger partial charge in [0.1, 0.15) is 6.10 Å². The zero-order valence-corrected chi connectivity index (χ0v) is 24.4. The minimum Gasteiger partial charge on any atom is -0.478 e. The fourth-order valence-electron chi connectivity index (χ4n) is 5.30. The number of halogens is 2. The van der Waals surface area contributed by atoms with Gasteiger partial charge >= 0.3 is 5.97 Å². The predicted molar refractivity (Wildman–Crippen MR) is 166 cm³/mol. The van der Waals surface area contributed by atoms with Crippen LogP contribution in [0.25, 0.3) is 11.1 Å². The van der Waals surface area contributed by atoms with Crippen LogP contribution in [0.3, 0.4) is 0 Å². The average Bonchev–Trinajstić information content (AvgIpc) is 3.32. The molecule has 1 atom stereocenters. The van der Waals surface area contributed by atoms with Gasteiger partial charge in [-0.1, -0.05) is 78.9 Å². The monoisotopic (exact) mass is 619 g/mol. The van der Waals surface area contributed by atoms with Gasteiger partial charge in [-0.2, -0.15) is 0 Å². The molecular weight excluding hydrogens is 592 g/mol. The van der Waals surface area contributed by atoms with Crippen molar-refractivity contribution in [3.05, 3.63) is 160 Å². The lowest BCUT2D eigenvalue weighted by molar-refractivity contribution is -0.0313. The zero-order valence-electron chi connectivity index (χ0n) is 24.4. The number of hydrogen-bond acceptors (Lipinski definition) is 5. The molecular formula is C37H27F2NO6. The zero-order chi connectivity index (χ0) is 32.2. The number of carboxylic acids is 1. The van der Waals surface area contributed by atoms with Crippen LogP contribution < -0.4 is 4.90 Å². The number of rotatable bonds is 11. The Balaban J connectivity index is 1.31. The van der Waals surface area contributed by atoms with E-state index >= 15 is 0 Å². The van der Waals surface area contributed by atoms with Gasteiger partial charge in [-0.3, -0.25) is 9.59 Å². The van der Waals surface area contributed by atoms with Crippen LogP contribution in [0.5, 0.6) is 0 Å². The molecule has 0 bridgehead atoms. The summed E-state index contributed by atoms with van der Waals surface area (Å²) in [5.41, 5.74) is 2.73. The van der Waals surface area contributed by atoms with E-state index in [0.717, 1.165) is 28.2 Å². The largest absolute Gasteiger partial charge is 0.478 e. The number of hydrogen-bond donors (Lipinski definition) is 1. The smallest absolute Gasteiger partial charge is 0.337 e. The van der Waals surface area contributed by atoms with E-state index in [2.05, 4.69) is 0 Å². The third kappa shape index (κ3) is 6.32. The summed E-state index contributed by atoms with van der Waals surface area (Å²) in [5.74, 6) is -4.93. The minimum absolute atomic E-state index is 0.0773. The summed E-state index contributed by atoms with van der Waals surface area (Å²) in [6.45, 7) is 0.773. The van der Waals surface area contributed by atoms with Gasteiger partial charge in [0.15, 0.2) is 11.6 Å². The number of carbonyl (C=O) groups is 3. The van der Waals surface area contributed by atoms with Gasteiger partial charge < -0.3 is 14.6 Å². The van der Waals surface area contributed by atoms with Crippen molar-refractivity contribution < 1.29 is 37.7 Å². The number of carboxylic acid groups (broad SMARTS) is 1. The number of amides is 2. The van der Waals surface area contributed by atoms with Crippen LogP contribution in [-0.4, -0.2) is 29.5 Å². The second-order valence-corrected chi connectivity index (χ2v) is 10.7. The van der Waals surface area contributed by atoms with E-state index in [0.29, 0.717) is 17.7 Å². The third-order valence-electron chi connectivity index (χ3n) is 7.68.